The SMILES string of the molecule is CCCCOc1cc(F)c(F)cc1CC=Cc1cc2nc(C)c([C@H](OC(C)(C)C)C(=O)OCC)c(N3CCC(C)(OCCCC[C@@H](C)O[Si](c4ccccc4)(c4ccccc4)C(C)(C)C)CC3)n2n1. The van der Waals surface area contributed by atoms with E-state index in [1.165, 1.54) is 16.4 Å². The molecule has 5 aromatic rings. The van der Waals surface area contributed by atoms with E-state index in [1.807, 2.05) is 52.8 Å². The first-order valence-corrected chi connectivity index (χ1v) is 26.9. The van der Waals surface area contributed by atoms with Gasteiger partial charge in [-0.2, -0.15) is 9.61 Å². The number of aryl methyl sites for hydroxylation is 1. The van der Waals surface area contributed by atoms with Gasteiger partial charge in [0.15, 0.2) is 23.4 Å². The molecule has 0 saturated carbocycles. The first-order valence-electron chi connectivity index (χ1n) is 25.0. The van der Waals surface area contributed by atoms with Crippen LogP contribution < -0.4 is 20.0 Å². The van der Waals surface area contributed by atoms with Crippen LogP contribution in [0.1, 0.15) is 143 Å². The van der Waals surface area contributed by atoms with Crippen molar-refractivity contribution in [2.75, 3.05) is 37.8 Å². The van der Waals surface area contributed by atoms with Crippen LogP contribution in [-0.4, -0.2) is 79.1 Å². The van der Waals surface area contributed by atoms with Gasteiger partial charge in [0.2, 0.25) is 0 Å². The zero-order valence-corrected chi connectivity index (χ0v) is 44.0. The molecule has 0 spiro atoms. The average Bonchev–Trinajstić information content (AvgIpc) is 3.70. The van der Waals surface area contributed by atoms with Gasteiger partial charge in [-0.1, -0.05) is 101 Å². The molecule has 1 saturated heterocycles. The van der Waals surface area contributed by atoms with Crippen LogP contribution in [0, 0.1) is 18.6 Å². The Morgan fingerprint density at radius 2 is 1.52 bits per heavy atom. The molecule has 3 aromatic carbocycles. The Morgan fingerprint density at radius 1 is 0.884 bits per heavy atom. The van der Waals surface area contributed by atoms with Crippen molar-refractivity contribution < 1.29 is 36.9 Å². The molecule has 0 amide bonds. The van der Waals surface area contributed by atoms with E-state index in [9.17, 15) is 13.6 Å². The summed E-state index contributed by atoms with van der Waals surface area (Å²) in [5.41, 5.74) is 1.93. The summed E-state index contributed by atoms with van der Waals surface area (Å²) in [6.07, 6.45) is 9.02. The third-order valence-electron chi connectivity index (χ3n) is 12.9. The van der Waals surface area contributed by atoms with E-state index in [-0.39, 0.29) is 23.4 Å². The summed E-state index contributed by atoms with van der Waals surface area (Å²) in [6.45, 7) is 25.3. The van der Waals surface area contributed by atoms with Gasteiger partial charge in [0, 0.05) is 49.2 Å². The number of piperidine rings is 1. The van der Waals surface area contributed by atoms with Crippen molar-refractivity contribution in [2.45, 2.75) is 156 Å². The Labute approximate surface area is 410 Å². The maximum absolute atomic E-state index is 14.4. The van der Waals surface area contributed by atoms with Gasteiger partial charge < -0.3 is 28.3 Å². The number of ether oxygens (including phenoxy) is 4. The summed E-state index contributed by atoms with van der Waals surface area (Å²) in [6, 6.07) is 25.8. The minimum Gasteiger partial charge on any atom is -0.493 e. The summed E-state index contributed by atoms with van der Waals surface area (Å²) < 4.78 is 62.5. The molecule has 2 aromatic heterocycles. The molecule has 1 fully saturated rings. The van der Waals surface area contributed by atoms with Gasteiger partial charge >= 0.3 is 5.97 Å². The fourth-order valence-electron chi connectivity index (χ4n) is 9.36. The zero-order valence-electron chi connectivity index (χ0n) is 43.0. The van der Waals surface area contributed by atoms with Gasteiger partial charge in [-0.05, 0) is 121 Å². The number of hydrogen-bond donors (Lipinski definition) is 0. The number of unbranched alkanes of at least 4 members (excludes halogenated alkanes) is 2. The van der Waals surface area contributed by atoms with E-state index in [0.717, 1.165) is 51.0 Å². The Kier molecular flexibility index (Phi) is 18.0. The topological polar surface area (TPSA) is 96.7 Å². The molecule has 69 heavy (non-hydrogen) atoms. The average molecular weight is 967 g/mol. The molecule has 1 aliphatic heterocycles. The van der Waals surface area contributed by atoms with Crippen LogP contribution in [0.25, 0.3) is 11.7 Å². The number of nitrogens with zero attached hydrogens (tertiary/aromatic N) is 4. The van der Waals surface area contributed by atoms with E-state index < -0.39 is 37.6 Å². The molecule has 0 radical (unpaired) electrons. The van der Waals surface area contributed by atoms with Crippen molar-refractivity contribution in [1.82, 2.24) is 14.6 Å². The van der Waals surface area contributed by atoms with Crippen LogP contribution in [-0.2, 0) is 29.9 Å². The lowest BCUT2D eigenvalue weighted by Gasteiger charge is -2.44. The number of fused-ring (bicyclic) bond motifs is 1. The quantitative estimate of drug-likeness (QED) is 0.0382. The van der Waals surface area contributed by atoms with E-state index in [4.69, 9.17) is 33.5 Å². The molecule has 6 rings (SSSR count). The molecule has 0 aliphatic carbocycles. The lowest BCUT2D eigenvalue weighted by atomic mass is 9.92. The van der Waals surface area contributed by atoms with Crippen LogP contribution in [0.2, 0.25) is 5.04 Å². The van der Waals surface area contributed by atoms with Crippen LogP contribution in [0.3, 0.4) is 0 Å². The monoisotopic (exact) mass is 967 g/mol. The highest BCUT2D eigenvalue weighted by atomic mass is 28.4. The minimum absolute atomic E-state index is 0.0612. The third kappa shape index (κ3) is 13.3. The molecule has 2 atom stereocenters. The number of benzene rings is 3. The van der Waals surface area contributed by atoms with Crippen molar-refractivity contribution in [3.05, 3.63) is 119 Å². The molecule has 0 bridgehead atoms. The molecule has 0 unspecified atom stereocenters. The first kappa shape index (κ1) is 53.4. The van der Waals surface area contributed by atoms with Gasteiger partial charge in [-0.15, -0.1) is 0 Å². The van der Waals surface area contributed by atoms with Gasteiger partial charge in [-0.25, -0.2) is 18.6 Å². The Bertz CT molecular complexity index is 2440. The predicted octanol–water partition coefficient (Wildman–Crippen LogP) is 11.7. The van der Waals surface area contributed by atoms with Crippen LogP contribution >= 0.6 is 0 Å². The Hall–Kier alpha value is -4.95. The van der Waals surface area contributed by atoms with Crippen LogP contribution in [0.15, 0.2) is 84.9 Å². The molecule has 3 heterocycles. The number of allylic oxidation sites excluding steroid dienone is 1. The van der Waals surface area contributed by atoms with Gasteiger partial charge in [-0.3, -0.25) is 0 Å². The number of anilines is 1. The van der Waals surface area contributed by atoms with Gasteiger partial charge in [0.05, 0.1) is 35.7 Å². The maximum Gasteiger partial charge on any atom is 0.340 e. The number of aromatic nitrogens is 3. The summed E-state index contributed by atoms with van der Waals surface area (Å²) in [5.74, 6) is -1.33. The normalized spacial score (nSPS) is 15.5. The molecule has 374 valence electrons. The number of rotatable bonds is 22. The lowest BCUT2D eigenvalue weighted by molar-refractivity contribution is -0.166. The molecule has 13 heteroatoms. The van der Waals surface area contributed by atoms with E-state index in [1.54, 1.807) is 11.4 Å². The number of hydrogen-bond acceptors (Lipinski definition) is 9. The van der Waals surface area contributed by atoms with Crippen molar-refractivity contribution in [2.24, 2.45) is 0 Å². The summed E-state index contributed by atoms with van der Waals surface area (Å²) >= 11 is 0. The van der Waals surface area contributed by atoms with Gasteiger partial charge in [0.25, 0.3) is 8.32 Å². The van der Waals surface area contributed by atoms with Crippen molar-refractivity contribution >= 4 is 42.2 Å². The maximum atomic E-state index is 14.4. The van der Waals surface area contributed by atoms with E-state index in [0.29, 0.717) is 72.5 Å². The lowest BCUT2D eigenvalue weighted by Crippen LogP contribution is -2.67. The number of esters is 1. The number of carbonyl (C=O) groups is 1. The highest BCUT2D eigenvalue weighted by Crippen LogP contribution is 2.40. The smallest absolute Gasteiger partial charge is 0.340 e. The van der Waals surface area contributed by atoms with Crippen molar-refractivity contribution in [3.63, 3.8) is 0 Å². The molecule has 0 N–H and O–H groups in total. The fourth-order valence-corrected chi connectivity index (χ4v) is 14.1. The highest BCUT2D eigenvalue weighted by molar-refractivity contribution is 6.99. The van der Waals surface area contributed by atoms with Crippen molar-refractivity contribution in [1.29, 1.82) is 0 Å². The van der Waals surface area contributed by atoms with Crippen molar-refractivity contribution in [3.8, 4) is 5.75 Å². The third-order valence-corrected chi connectivity index (χ3v) is 18.1. The van der Waals surface area contributed by atoms with Crippen LogP contribution in [0.5, 0.6) is 5.75 Å². The Morgan fingerprint density at radius 3 is 2.12 bits per heavy atom. The van der Waals surface area contributed by atoms with E-state index >= 15 is 0 Å². The minimum atomic E-state index is -2.65. The van der Waals surface area contributed by atoms with E-state index in [2.05, 4.69) is 100 Å². The fraction of sp³-hybridized carbons (Fsp3) is 0.518. The predicted molar refractivity (Wildman–Crippen MR) is 275 cm³/mol. The second-order valence-corrected chi connectivity index (χ2v) is 24.9. The molecular weight excluding hydrogens is 891 g/mol. The zero-order chi connectivity index (χ0) is 50.0. The largest absolute Gasteiger partial charge is 0.493 e. The van der Waals surface area contributed by atoms with Gasteiger partial charge in [0.1, 0.15) is 11.6 Å². The highest BCUT2D eigenvalue weighted by Gasteiger charge is 2.51. The second-order valence-electron chi connectivity index (χ2n) is 20.7. The summed E-state index contributed by atoms with van der Waals surface area (Å²) in [4.78, 5) is 21.0. The second kappa shape index (κ2) is 23.3. The summed E-state index contributed by atoms with van der Waals surface area (Å²) in [7, 11) is -2.65. The summed E-state index contributed by atoms with van der Waals surface area (Å²) in [5, 5.41) is 7.51. The van der Waals surface area contributed by atoms with Crippen LogP contribution in [0.4, 0.5) is 14.6 Å². The molecule has 10 nitrogen and oxygen atoms in total. The number of carbonyl (C=O) groups excluding carboxylic acids is 1. The standard InChI is InChI=1S/C56H76F2N4O6Si/c1-12-14-35-65-48-39-47(58)46(57)37-42(48)25-23-26-43-38-49-59-41(4)50(51(53(63)64-13-2)67-54(5,6)7)52(62(49)60-43)61-33-31-56(11,32-34-61)66-36-22-21-24-40(3)68-69(55(8,9)10,44-27-17-15-18-28-44)45-29-19-16-20-30-45/h15-20,23,26-30,37-40,51H,12-14,21-22,24-25,31-36H2,1-11H3/t40-,51+/m1/s1. The number of halogens is 2. The molecular formula is C56H76F2N4O6Si. The Balaban J connectivity index is 1.18. The first-order chi connectivity index (χ1) is 32.8. The molecule has 1 aliphatic rings.